The van der Waals surface area contributed by atoms with E-state index in [4.69, 9.17) is 0 Å². The van der Waals surface area contributed by atoms with Crippen molar-refractivity contribution < 1.29 is 14.2 Å². The molecule has 1 aliphatic heterocycles. The van der Waals surface area contributed by atoms with Gasteiger partial charge in [-0.15, -0.1) is 0 Å². The number of hydrogen-bond acceptors (Lipinski definition) is 7. The van der Waals surface area contributed by atoms with Gasteiger partial charge in [-0.1, -0.05) is 0 Å². The molecule has 2 atom stereocenters. The smallest absolute Gasteiger partial charge is 0.261 e. The summed E-state index contributed by atoms with van der Waals surface area (Å²) in [6.07, 6.45) is 2.90. The first-order chi connectivity index (χ1) is 15.2. The van der Waals surface area contributed by atoms with Crippen molar-refractivity contribution in [2.24, 2.45) is 5.92 Å². The van der Waals surface area contributed by atoms with E-state index in [0.717, 1.165) is 12.8 Å². The van der Waals surface area contributed by atoms with Crippen LogP contribution in [0.25, 0.3) is 10.9 Å². The van der Waals surface area contributed by atoms with Crippen LogP contribution in [-0.2, 0) is 0 Å². The van der Waals surface area contributed by atoms with Gasteiger partial charge in [0.15, 0.2) is 5.82 Å². The summed E-state index contributed by atoms with van der Waals surface area (Å²) in [5.41, 5.74) is 1.37. The van der Waals surface area contributed by atoms with Gasteiger partial charge in [0.1, 0.15) is 11.5 Å². The molecule has 1 aromatic carbocycles. The lowest BCUT2D eigenvalue weighted by atomic mass is 9.98. The van der Waals surface area contributed by atoms with Crippen molar-refractivity contribution in [2.75, 3.05) is 5.32 Å². The summed E-state index contributed by atoms with van der Waals surface area (Å²) in [6, 6.07) is 8.85. The zero-order valence-corrected chi connectivity index (χ0v) is 18.6. The molecule has 5 N–H and O–H groups in total. The molecule has 2 aliphatic rings. The summed E-state index contributed by atoms with van der Waals surface area (Å²) in [4.78, 5) is 15.7. The topological polar surface area (TPSA) is 147 Å². The number of nitrogens with one attached hydrogen (secondary N) is 2. The van der Waals surface area contributed by atoms with E-state index in [1.807, 2.05) is 0 Å². The van der Waals surface area contributed by atoms with E-state index in [0.29, 0.717) is 45.2 Å². The summed E-state index contributed by atoms with van der Waals surface area (Å²) < 4.78 is 22.0. The maximum atomic E-state index is 12.7. The zero-order chi connectivity index (χ0) is 22.8. The Morgan fingerprint density at radius 2 is 2.12 bits per heavy atom. The lowest BCUT2D eigenvalue weighted by Gasteiger charge is -2.42. The highest BCUT2D eigenvalue weighted by molar-refractivity contribution is 8.25. The molecular formula is C22H25N5O4S. The van der Waals surface area contributed by atoms with E-state index >= 15 is 0 Å². The van der Waals surface area contributed by atoms with E-state index in [1.165, 1.54) is 0 Å². The van der Waals surface area contributed by atoms with Gasteiger partial charge in [-0.25, -0.2) is 0 Å². The van der Waals surface area contributed by atoms with Crippen molar-refractivity contribution >= 4 is 33.0 Å². The van der Waals surface area contributed by atoms with E-state index in [9.17, 15) is 24.3 Å². The highest BCUT2D eigenvalue weighted by Crippen LogP contribution is 2.70. The monoisotopic (exact) mass is 455 g/mol. The number of hydrogen-bond donors (Lipinski definition) is 5. The Balaban J connectivity index is 1.59. The van der Waals surface area contributed by atoms with Crippen molar-refractivity contribution in [3.05, 3.63) is 46.4 Å². The number of pyridine rings is 1. The molecule has 0 saturated heterocycles. The molecule has 0 bridgehead atoms. The third kappa shape index (κ3) is 2.97. The SMILES string of the molecule is CC1(C)C(O)c2cc(Nc3nn(C(CC#N)C4CC4)c4cc[nH]c(=O)c34)ccc2S1(O)O. The molecule has 3 heterocycles. The van der Waals surface area contributed by atoms with E-state index in [1.54, 1.807) is 49.0 Å². The average Bonchev–Trinajstić information content (AvgIpc) is 3.51. The second-order valence-electron chi connectivity index (χ2n) is 9.06. The Morgan fingerprint density at radius 1 is 1.38 bits per heavy atom. The first-order valence-corrected chi connectivity index (χ1v) is 12.0. The molecule has 0 radical (unpaired) electrons. The van der Waals surface area contributed by atoms with Crippen LogP contribution in [0.5, 0.6) is 0 Å². The molecule has 0 amide bonds. The molecule has 2 aromatic heterocycles. The second-order valence-corrected chi connectivity index (χ2v) is 11.6. The third-order valence-electron chi connectivity index (χ3n) is 6.68. The van der Waals surface area contributed by atoms with Crippen LogP contribution >= 0.6 is 10.6 Å². The summed E-state index contributed by atoms with van der Waals surface area (Å²) in [6.45, 7) is 3.25. The maximum absolute atomic E-state index is 12.7. The van der Waals surface area contributed by atoms with Crippen LogP contribution in [0.2, 0.25) is 0 Å². The Bertz CT molecular complexity index is 1320. The fourth-order valence-electron chi connectivity index (χ4n) is 4.52. The van der Waals surface area contributed by atoms with Gasteiger partial charge < -0.3 is 15.4 Å². The molecule has 1 aliphatic carbocycles. The fraction of sp³-hybridized carbons (Fsp3) is 0.409. The van der Waals surface area contributed by atoms with Gasteiger partial charge in [0.2, 0.25) is 0 Å². The molecule has 32 heavy (non-hydrogen) atoms. The Hall–Kier alpha value is -2.84. The number of nitrogens with zero attached hydrogens (tertiary/aromatic N) is 3. The number of aliphatic hydroxyl groups is 1. The number of nitriles is 1. The van der Waals surface area contributed by atoms with Crippen LogP contribution in [0.3, 0.4) is 0 Å². The first-order valence-electron chi connectivity index (χ1n) is 10.5. The fourth-order valence-corrected chi connectivity index (χ4v) is 6.28. The molecule has 2 unspecified atom stereocenters. The maximum Gasteiger partial charge on any atom is 0.261 e. The van der Waals surface area contributed by atoms with Crippen molar-refractivity contribution in [1.29, 1.82) is 5.26 Å². The molecule has 3 aromatic rings. The molecule has 1 saturated carbocycles. The minimum Gasteiger partial charge on any atom is -0.386 e. The molecule has 168 valence electrons. The number of rotatable bonds is 5. The largest absolute Gasteiger partial charge is 0.386 e. The van der Waals surface area contributed by atoms with Gasteiger partial charge in [0.25, 0.3) is 5.56 Å². The minimum absolute atomic E-state index is 0.101. The molecule has 9 nitrogen and oxygen atoms in total. The quantitative estimate of drug-likeness (QED) is 0.386. The van der Waals surface area contributed by atoms with Gasteiger partial charge >= 0.3 is 0 Å². The molecule has 5 rings (SSSR count). The number of aromatic amines is 1. The van der Waals surface area contributed by atoms with Crippen LogP contribution in [0.1, 0.15) is 50.8 Å². The Labute approximate surface area is 186 Å². The van der Waals surface area contributed by atoms with Gasteiger partial charge in [-0.05, 0) is 56.9 Å². The van der Waals surface area contributed by atoms with Gasteiger partial charge in [0.05, 0.1) is 33.7 Å². The van der Waals surface area contributed by atoms with Crippen LogP contribution in [0, 0.1) is 17.2 Å². The number of benzene rings is 1. The average molecular weight is 456 g/mol. The van der Waals surface area contributed by atoms with Crippen LogP contribution in [-0.4, -0.2) is 33.7 Å². The number of fused-ring (bicyclic) bond motifs is 2. The van der Waals surface area contributed by atoms with Gasteiger partial charge in [-0.3, -0.25) is 18.6 Å². The first kappa shape index (κ1) is 21.0. The van der Waals surface area contributed by atoms with Crippen molar-refractivity contribution in [2.45, 2.75) is 54.9 Å². The highest BCUT2D eigenvalue weighted by Gasteiger charge is 2.51. The lowest BCUT2D eigenvalue weighted by Crippen LogP contribution is -2.29. The van der Waals surface area contributed by atoms with Crippen LogP contribution in [0.4, 0.5) is 11.5 Å². The van der Waals surface area contributed by atoms with Crippen molar-refractivity contribution in [3.63, 3.8) is 0 Å². The second kappa shape index (κ2) is 7.08. The molecule has 10 heteroatoms. The minimum atomic E-state index is -3.16. The molecular weight excluding hydrogens is 430 g/mol. The van der Waals surface area contributed by atoms with Crippen molar-refractivity contribution in [3.8, 4) is 6.07 Å². The standard InChI is InChI=1S/C22H25N5O4S/c1-22(2)19(28)14-11-13(5-6-17(14)32(22,30)31)25-20-18-16(8-10-24-21(18)29)27(26-20)15(7-9-23)12-3-4-12/h5-6,8,10-12,15,19,28,30-31H,3-4,7H2,1-2H3,(H,24,29)(H,25,26). The van der Waals surface area contributed by atoms with Gasteiger partial charge in [0, 0.05) is 17.4 Å². The predicted octanol–water partition coefficient (Wildman–Crippen LogP) is 4.27. The van der Waals surface area contributed by atoms with Crippen LogP contribution in [0.15, 0.2) is 40.2 Å². The van der Waals surface area contributed by atoms with Crippen LogP contribution < -0.4 is 10.9 Å². The third-order valence-corrected chi connectivity index (χ3v) is 9.35. The number of aliphatic hydroxyl groups excluding tert-OH is 1. The zero-order valence-electron chi connectivity index (χ0n) is 17.7. The summed E-state index contributed by atoms with van der Waals surface area (Å²) in [5, 5.41) is 28.3. The summed E-state index contributed by atoms with van der Waals surface area (Å²) >= 11 is 0. The predicted molar refractivity (Wildman–Crippen MR) is 122 cm³/mol. The Kier molecular flexibility index (Phi) is 4.65. The Morgan fingerprint density at radius 3 is 2.81 bits per heavy atom. The normalized spacial score (nSPS) is 22.8. The van der Waals surface area contributed by atoms with Crippen molar-refractivity contribution in [1.82, 2.24) is 14.8 Å². The molecule has 0 spiro atoms. The highest BCUT2D eigenvalue weighted by atomic mass is 32.3. The van der Waals surface area contributed by atoms with Gasteiger partial charge in [-0.2, -0.15) is 21.0 Å². The number of aromatic nitrogens is 3. The lowest BCUT2D eigenvalue weighted by molar-refractivity contribution is 0.140. The molecule has 1 fully saturated rings. The van der Waals surface area contributed by atoms with E-state index in [2.05, 4.69) is 21.5 Å². The van der Waals surface area contributed by atoms with E-state index in [-0.39, 0.29) is 11.6 Å². The van der Waals surface area contributed by atoms with E-state index < -0.39 is 21.4 Å². The number of H-pyrrole nitrogens is 1. The number of anilines is 2. The summed E-state index contributed by atoms with van der Waals surface area (Å²) in [7, 11) is -3.16. The summed E-state index contributed by atoms with van der Waals surface area (Å²) in [5.74, 6) is 0.719.